The van der Waals surface area contributed by atoms with Gasteiger partial charge in [0, 0.05) is 5.69 Å². The van der Waals surface area contributed by atoms with Gasteiger partial charge in [0.1, 0.15) is 18.1 Å². The van der Waals surface area contributed by atoms with E-state index in [1.165, 1.54) is 0 Å². The quantitative estimate of drug-likeness (QED) is 0.910. The van der Waals surface area contributed by atoms with Crippen molar-refractivity contribution in [3.8, 4) is 5.75 Å². The van der Waals surface area contributed by atoms with E-state index < -0.39 is 5.97 Å². The molecule has 0 radical (unpaired) electrons. The van der Waals surface area contributed by atoms with E-state index in [1.54, 1.807) is 4.57 Å². The monoisotopic (exact) mass is 273 g/mol. The molecule has 0 aliphatic carbocycles. The Kier molecular flexibility index (Phi) is 4.13. The number of carboxylic acids is 1. The molecular weight excluding hydrogens is 254 g/mol. The molecule has 0 saturated carbocycles. The average molecular weight is 273 g/mol. The number of rotatable bonds is 5. The first kappa shape index (κ1) is 14.2. The predicted octanol–water partition coefficient (Wildman–Crippen LogP) is 3.19. The highest BCUT2D eigenvalue weighted by Gasteiger charge is 2.15. The second kappa shape index (κ2) is 5.82. The van der Waals surface area contributed by atoms with Gasteiger partial charge >= 0.3 is 5.97 Å². The number of aryl methyl sites for hydroxylation is 3. The van der Waals surface area contributed by atoms with Gasteiger partial charge in [0.05, 0.1) is 6.54 Å². The lowest BCUT2D eigenvalue weighted by Gasteiger charge is -2.11. The first-order valence-electron chi connectivity index (χ1n) is 6.58. The summed E-state index contributed by atoms with van der Waals surface area (Å²) < 4.78 is 7.46. The molecule has 4 nitrogen and oxygen atoms in total. The Morgan fingerprint density at radius 3 is 2.65 bits per heavy atom. The summed E-state index contributed by atoms with van der Waals surface area (Å²) in [5, 5.41) is 9.25. The smallest absolute Gasteiger partial charge is 0.352 e. The predicted molar refractivity (Wildman–Crippen MR) is 77.5 cm³/mol. The van der Waals surface area contributed by atoms with Gasteiger partial charge in [-0.25, -0.2) is 4.79 Å². The zero-order chi connectivity index (χ0) is 14.7. The molecule has 0 spiro atoms. The molecule has 2 aromatic rings. The lowest BCUT2D eigenvalue weighted by atomic mass is 10.2. The van der Waals surface area contributed by atoms with Gasteiger partial charge < -0.3 is 14.4 Å². The molecule has 0 fully saturated rings. The molecule has 106 valence electrons. The fourth-order valence-electron chi connectivity index (χ4n) is 2.38. The van der Waals surface area contributed by atoms with E-state index in [9.17, 15) is 9.90 Å². The van der Waals surface area contributed by atoms with Gasteiger partial charge in [0.15, 0.2) is 0 Å². The van der Waals surface area contributed by atoms with Crippen LogP contribution < -0.4 is 4.74 Å². The largest absolute Gasteiger partial charge is 0.492 e. The number of ether oxygens (including phenoxy) is 1. The maximum atomic E-state index is 11.3. The maximum Gasteiger partial charge on any atom is 0.352 e. The van der Waals surface area contributed by atoms with Crippen LogP contribution in [0.25, 0.3) is 0 Å². The number of nitrogens with zero attached hydrogens (tertiary/aromatic N) is 1. The number of aromatic nitrogens is 1. The standard InChI is InChI=1S/C16H19NO3/c1-11-5-4-6-14(9-11)20-8-7-17-13(3)10-12(2)15(17)16(18)19/h4-6,9-10H,7-8H2,1-3H3,(H,18,19). The van der Waals surface area contributed by atoms with Gasteiger partial charge in [-0.2, -0.15) is 0 Å². The number of aromatic carboxylic acids is 1. The molecule has 0 bridgehead atoms. The van der Waals surface area contributed by atoms with Crippen molar-refractivity contribution in [2.45, 2.75) is 27.3 Å². The van der Waals surface area contributed by atoms with Crippen LogP contribution in [0.2, 0.25) is 0 Å². The minimum atomic E-state index is -0.897. The van der Waals surface area contributed by atoms with Crippen LogP contribution in [0.15, 0.2) is 30.3 Å². The minimum absolute atomic E-state index is 0.343. The third kappa shape index (κ3) is 3.02. The zero-order valence-electron chi connectivity index (χ0n) is 12.0. The molecule has 1 N–H and O–H groups in total. The molecular formula is C16H19NO3. The summed E-state index contributed by atoms with van der Waals surface area (Å²) in [6, 6.07) is 9.70. The molecule has 0 amide bonds. The van der Waals surface area contributed by atoms with E-state index in [4.69, 9.17) is 4.74 Å². The Balaban J connectivity index is 2.06. The summed E-state index contributed by atoms with van der Waals surface area (Å²) in [5.41, 5.74) is 3.20. The Bertz CT molecular complexity index is 629. The molecule has 0 saturated heterocycles. The van der Waals surface area contributed by atoms with Crippen LogP contribution in [0.1, 0.15) is 27.3 Å². The molecule has 0 aliphatic rings. The van der Waals surface area contributed by atoms with Gasteiger partial charge in [-0.3, -0.25) is 0 Å². The molecule has 4 heteroatoms. The highest BCUT2D eigenvalue weighted by molar-refractivity contribution is 5.87. The summed E-state index contributed by atoms with van der Waals surface area (Å²) in [6.07, 6.45) is 0. The van der Waals surface area contributed by atoms with Crippen LogP contribution in [0.3, 0.4) is 0 Å². The molecule has 0 atom stereocenters. The van der Waals surface area contributed by atoms with E-state index in [1.807, 2.05) is 51.1 Å². The number of carbonyl (C=O) groups is 1. The van der Waals surface area contributed by atoms with Gasteiger partial charge in [0.25, 0.3) is 0 Å². The molecule has 0 unspecified atom stereocenters. The van der Waals surface area contributed by atoms with Crippen molar-refractivity contribution >= 4 is 5.97 Å². The zero-order valence-corrected chi connectivity index (χ0v) is 12.0. The van der Waals surface area contributed by atoms with Crippen molar-refractivity contribution in [2.75, 3.05) is 6.61 Å². The summed E-state index contributed by atoms with van der Waals surface area (Å²) >= 11 is 0. The van der Waals surface area contributed by atoms with Crippen LogP contribution in [-0.4, -0.2) is 22.2 Å². The van der Waals surface area contributed by atoms with Crippen LogP contribution in [0, 0.1) is 20.8 Å². The Morgan fingerprint density at radius 1 is 1.25 bits per heavy atom. The number of hydrogen-bond donors (Lipinski definition) is 1. The summed E-state index contributed by atoms with van der Waals surface area (Å²) in [7, 11) is 0. The van der Waals surface area contributed by atoms with Crippen LogP contribution in [0.5, 0.6) is 5.75 Å². The lowest BCUT2D eigenvalue weighted by Crippen LogP contribution is -2.15. The topological polar surface area (TPSA) is 51.5 Å². The van der Waals surface area contributed by atoms with E-state index in [-0.39, 0.29) is 0 Å². The third-order valence-corrected chi connectivity index (χ3v) is 3.27. The van der Waals surface area contributed by atoms with Crippen LogP contribution in [-0.2, 0) is 6.54 Å². The van der Waals surface area contributed by atoms with E-state index in [0.717, 1.165) is 22.6 Å². The second-order valence-corrected chi connectivity index (χ2v) is 4.94. The Morgan fingerprint density at radius 2 is 2.00 bits per heavy atom. The lowest BCUT2D eigenvalue weighted by molar-refractivity contribution is 0.0683. The first-order chi connectivity index (χ1) is 9.49. The fourth-order valence-corrected chi connectivity index (χ4v) is 2.38. The minimum Gasteiger partial charge on any atom is -0.492 e. The van der Waals surface area contributed by atoms with Gasteiger partial charge in [-0.15, -0.1) is 0 Å². The number of hydrogen-bond acceptors (Lipinski definition) is 2. The van der Waals surface area contributed by atoms with Crippen molar-refractivity contribution in [2.24, 2.45) is 0 Å². The third-order valence-electron chi connectivity index (χ3n) is 3.27. The average Bonchev–Trinajstić information content (AvgIpc) is 2.64. The molecule has 1 heterocycles. The molecule has 1 aromatic heterocycles. The van der Waals surface area contributed by atoms with E-state index in [2.05, 4.69) is 0 Å². The Labute approximate surface area is 118 Å². The van der Waals surface area contributed by atoms with Crippen LogP contribution >= 0.6 is 0 Å². The summed E-state index contributed by atoms with van der Waals surface area (Å²) in [5.74, 6) is -0.0884. The molecule has 0 aliphatic heterocycles. The number of benzene rings is 1. The van der Waals surface area contributed by atoms with Crippen LogP contribution in [0.4, 0.5) is 0 Å². The van der Waals surface area contributed by atoms with E-state index in [0.29, 0.717) is 18.8 Å². The van der Waals surface area contributed by atoms with Crippen molar-refractivity contribution in [1.29, 1.82) is 0 Å². The van der Waals surface area contributed by atoms with Crippen molar-refractivity contribution in [1.82, 2.24) is 4.57 Å². The summed E-state index contributed by atoms with van der Waals surface area (Å²) in [4.78, 5) is 11.3. The molecule has 20 heavy (non-hydrogen) atoms. The molecule has 1 aromatic carbocycles. The van der Waals surface area contributed by atoms with Crippen molar-refractivity contribution in [3.05, 3.63) is 52.8 Å². The van der Waals surface area contributed by atoms with E-state index >= 15 is 0 Å². The second-order valence-electron chi connectivity index (χ2n) is 4.94. The van der Waals surface area contributed by atoms with Gasteiger partial charge in [-0.05, 0) is 50.1 Å². The molecule has 2 rings (SSSR count). The fraction of sp³-hybridized carbons (Fsp3) is 0.312. The maximum absolute atomic E-state index is 11.3. The van der Waals surface area contributed by atoms with Gasteiger partial charge in [-0.1, -0.05) is 12.1 Å². The van der Waals surface area contributed by atoms with Gasteiger partial charge in [0.2, 0.25) is 0 Å². The Hall–Kier alpha value is -2.23. The highest BCUT2D eigenvalue weighted by Crippen LogP contribution is 2.16. The first-order valence-corrected chi connectivity index (χ1v) is 6.58. The van der Waals surface area contributed by atoms with Crippen molar-refractivity contribution in [3.63, 3.8) is 0 Å². The summed E-state index contributed by atoms with van der Waals surface area (Å²) in [6.45, 7) is 6.70. The highest BCUT2D eigenvalue weighted by atomic mass is 16.5. The van der Waals surface area contributed by atoms with Crippen molar-refractivity contribution < 1.29 is 14.6 Å². The number of carboxylic acid groups (broad SMARTS) is 1. The SMILES string of the molecule is Cc1cccc(OCCn2c(C)cc(C)c2C(=O)O)c1. The normalized spacial score (nSPS) is 10.6.